The van der Waals surface area contributed by atoms with Gasteiger partial charge in [0.05, 0.1) is 17.5 Å². The van der Waals surface area contributed by atoms with Gasteiger partial charge in [-0.3, -0.25) is 5.10 Å². The Labute approximate surface area is 120 Å². The van der Waals surface area contributed by atoms with Gasteiger partial charge in [0, 0.05) is 17.6 Å². The van der Waals surface area contributed by atoms with Crippen molar-refractivity contribution in [2.45, 2.75) is 6.18 Å². The Morgan fingerprint density at radius 3 is 2.81 bits per heavy atom. The predicted octanol–water partition coefficient (Wildman–Crippen LogP) is 3.74. The van der Waals surface area contributed by atoms with Gasteiger partial charge in [-0.15, -0.1) is 0 Å². The van der Waals surface area contributed by atoms with Crippen molar-refractivity contribution >= 4 is 11.3 Å². The number of nitrogens with zero attached hydrogens (tertiary/aromatic N) is 3. The predicted molar refractivity (Wildman–Crippen MR) is 69.0 cm³/mol. The van der Waals surface area contributed by atoms with Crippen LogP contribution in [0.3, 0.4) is 0 Å². The number of rotatable bonds is 3. The van der Waals surface area contributed by atoms with Crippen LogP contribution in [-0.4, -0.2) is 20.2 Å². The summed E-state index contributed by atoms with van der Waals surface area (Å²) in [4.78, 5) is 7.97. The minimum atomic E-state index is -4.52. The lowest BCUT2D eigenvalue weighted by molar-refractivity contribution is -0.140. The lowest BCUT2D eigenvalue weighted by Crippen LogP contribution is -2.07. The van der Waals surface area contributed by atoms with Gasteiger partial charge in [0.25, 0.3) is 5.19 Å². The van der Waals surface area contributed by atoms with Crippen LogP contribution >= 0.6 is 11.3 Å². The number of alkyl halides is 3. The van der Waals surface area contributed by atoms with Crippen molar-refractivity contribution in [1.29, 1.82) is 0 Å². The van der Waals surface area contributed by atoms with Crippen molar-refractivity contribution in [2.24, 2.45) is 0 Å². The maximum Gasteiger partial charge on any atom is 0.433 e. The van der Waals surface area contributed by atoms with Crippen molar-refractivity contribution in [2.75, 3.05) is 0 Å². The molecule has 0 fully saturated rings. The third kappa shape index (κ3) is 2.87. The first kappa shape index (κ1) is 13.6. The zero-order valence-corrected chi connectivity index (χ0v) is 11.1. The number of pyridine rings is 1. The summed E-state index contributed by atoms with van der Waals surface area (Å²) >= 11 is 1.08. The molecule has 0 aliphatic rings. The highest BCUT2D eigenvalue weighted by Crippen LogP contribution is 2.37. The number of H-pyrrole nitrogens is 1. The summed E-state index contributed by atoms with van der Waals surface area (Å²) in [5.74, 6) is 0.321. The minimum absolute atomic E-state index is 0.116. The summed E-state index contributed by atoms with van der Waals surface area (Å²) in [6.45, 7) is 0. The van der Waals surface area contributed by atoms with E-state index in [1.165, 1.54) is 5.38 Å². The lowest BCUT2D eigenvalue weighted by Gasteiger charge is -2.04. The third-order valence-corrected chi connectivity index (χ3v) is 3.23. The van der Waals surface area contributed by atoms with Gasteiger partial charge in [-0.2, -0.15) is 18.3 Å². The number of ether oxygens (including phenoxy) is 1. The van der Waals surface area contributed by atoms with Crippen LogP contribution in [-0.2, 0) is 6.18 Å². The molecular formula is C12H7F3N4OS. The van der Waals surface area contributed by atoms with Gasteiger partial charge in [-0.25, -0.2) is 9.97 Å². The smallest absolute Gasteiger partial charge is 0.412 e. The average Bonchev–Trinajstić information content (AvgIpc) is 3.07. The molecule has 3 heterocycles. The van der Waals surface area contributed by atoms with Crippen LogP contribution in [0, 0.1) is 0 Å². The molecule has 0 radical (unpaired) electrons. The number of aromatic amines is 1. The van der Waals surface area contributed by atoms with Crippen LogP contribution in [0.2, 0.25) is 0 Å². The summed E-state index contributed by atoms with van der Waals surface area (Å²) in [5, 5.41) is 7.04. The highest BCUT2D eigenvalue weighted by molar-refractivity contribution is 7.11. The Morgan fingerprint density at radius 2 is 2.10 bits per heavy atom. The number of hydrogen-bond donors (Lipinski definition) is 1. The van der Waals surface area contributed by atoms with E-state index in [2.05, 4.69) is 15.1 Å². The first-order valence-corrected chi connectivity index (χ1v) is 6.57. The number of hydrogen-bond acceptors (Lipinski definition) is 5. The van der Waals surface area contributed by atoms with Crippen molar-refractivity contribution in [3.63, 3.8) is 0 Å². The summed E-state index contributed by atoms with van der Waals surface area (Å²) in [6.07, 6.45) is -1.89. The van der Waals surface area contributed by atoms with Gasteiger partial charge in [0.15, 0.2) is 0 Å². The quantitative estimate of drug-likeness (QED) is 0.800. The molecular weight excluding hydrogens is 305 g/mol. The number of aromatic nitrogens is 4. The van der Waals surface area contributed by atoms with E-state index in [9.17, 15) is 13.2 Å². The maximum absolute atomic E-state index is 12.8. The van der Waals surface area contributed by atoms with Gasteiger partial charge >= 0.3 is 6.18 Å². The molecule has 0 saturated heterocycles. The zero-order chi connectivity index (χ0) is 14.9. The van der Waals surface area contributed by atoms with Gasteiger partial charge in [0.1, 0.15) is 5.69 Å². The van der Waals surface area contributed by atoms with Crippen LogP contribution in [0.15, 0.2) is 36.0 Å². The van der Waals surface area contributed by atoms with E-state index in [0.717, 1.165) is 17.5 Å². The van der Waals surface area contributed by atoms with Crippen LogP contribution in [0.5, 0.6) is 11.1 Å². The molecule has 9 heteroatoms. The largest absolute Gasteiger partial charge is 0.433 e. The summed E-state index contributed by atoms with van der Waals surface area (Å²) in [7, 11) is 0. The van der Waals surface area contributed by atoms with Crippen molar-refractivity contribution in [3.05, 3.63) is 41.7 Å². The molecule has 0 amide bonds. The molecule has 0 atom stereocenters. The molecule has 108 valence electrons. The van der Waals surface area contributed by atoms with E-state index >= 15 is 0 Å². The van der Waals surface area contributed by atoms with E-state index in [4.69, 9.17) is 4.74 Å². The Balaban J connectivity index is 1.88. The molecule has 0 aliphatic heterocycles. The third-order valence-electron chi connectivity index (χ3n) is 2.51. The minimum Gasteiger partial charge on any atom is -0.412 e. The number of thiazole rings is 1. The normalized spacial score (nSPS) is 11.6. The standard InChI is InChI=1S/C12H7F3N4OS/c13-12(14,15)10-7(5-17-19-10)8-6-21-11(18-8)20-9-3-1-2-4-16-9/h1-6H,(H,17,19). The highest BCUT2D eigenvalue weighted by Gasteiger charge is 2.36. The molecule has 21 heavy (non-hydrogen) atoms. The summed E-state index contributed by atoms with van der Waals surface area (Å²) < 4.78 is 43.7. The van der Waals surface area contributed by atoms with Crippen LogP contribution in [0.4, 0.5) is 13.2 Å². The second-order valence-electron chi connectivity index (χ2n) is 3.93. The summed E-state index contributed by atoms with van der Waals surface area (Å²) in [5.41, 5.74) is -0.904. The average molecular weight is 312 g/mol. The topological polar surface area (TPSA) is 63.7 Å². The van der Waals surface area contributed by atoms with E-state index in [1.54, 1.807) is 24.4 Å². The Morgan fingerprint density at radius 1 is 1.24 bits per heavy atom. The van der Waals surface area contributed by atoms with Gasteiger partial charge in [-0.05, 0) is 6.07 Å². The van der Waals surface area contributed by atoms with E-state index in [0.29, 0.717) is 5.88 Å². The number of nitrogens with one attached hydrogen (secondary N) is 1. The molecule has 0 spiro atoms. The first-order valence-electron chi connectivity index (χ1n) is 5.69. The van der Waals surface area contributed by atoms with Crippen molar-refractivity contribution in [1.82, 2.24) is 20.2 Å². The van der Waals surface area contributed by atoms with E-state index < -0.39 is 11.9 Å². The first-order chi connectivity index (χ1) is 10.0. The molecule has 3 aromatic heterocycles. The monoisotopic (exact) mass is 312 g/mol. The second kappa shape index (κ2) is 5.17. The molecule has 0 aliphatic carbocycles. The maximum atomic E-state index is 12.8. The molecule has 5 nitrogen and oxygen atoms in total. The molecule has 3 rings (SSSR count). The van der Waals surface area contributed by atoms with Gasteiger partial charge in [0.2, 0.25) is 5.88 Å². The van der Waals surface area contributed by atoms with E-state index in [-0.39, 0.29) is 16.5 Å². The molecule has 1 N–H and O–H groups in total. The molecule has 0 bridgehead atoms. The Kier molecular flexibility index (Phi) is 3.34. The molecule has 0 unspecified atom stereocenters. The van der Waals surface area contributed by atoms with Crippen LogP contribution in [0.25, 0.3) is 11.3 Å². The van der Waals surface area contributed by atoms with Crippen LogP contribution in [0.1, 0.15) is 5.69 Å². The van der Waals surface area contributed by atoms with Gasteiger partial charge < -0.3 is 4.74 Å². The molecule has 0 saturated carbocycles. The van der Waals surface area contributed by atoms with Crippen molar-refractivity contribution in [3.8, 4) is 22.3 Å². The fourth-order valence-corrected chi connectivity index (χ4v) is 2.30. The highest BCUT2D eigenvalue weighted by atomic mass is 32.1. The van der Waals surface area contributed by atoms with Crippen molar-refractivity contribution < 1.29 is 17.9 Å². The molecule has 0 aromatic carbocycles. The second-order valence-corrected chi connectivity index (χ2v) is 4.75. The SMILES string of the molecule is FC(F)(F)c1[nH]ncc1-c1csc(Oc2ccccn2)n1. The lowest BCUT2D eigenvalue weighted by atomic mass is 10.2. The van der Waals surface area contributed by atoms with Crippen LogP contribution < -0.4 is 4.74 Å². The Bertz CT molecular complexity index is 738. The fourth-order valence-electron chi connectivity index (χ4n) is 1.62. The fraction of sp³-hybridized carbons (Fsp3) is 0.0833. The van der Waals surface area contributed by atoms with Gasteiger partial charge in [-0.1, -0.05) is 17.4 Å². The summed E-state index contributed by atoms with van der Waals surface area (Å²) in [6, 6.07) is 5.08. The zero-order valence-electron chi connectivity index (χ0n) is 10.3. The number of halogens is 3. The Hall–Kier alpha value is -2.42. The molecule has 3 aromatic rings. The van der Waals surface area contributed by atoms with E-state index in [1.807, 2.05) is 5.10 Å².